The lowest BCUT2D eigenvalue weighted by atomic mass is 10.1. The number of carbonyl (C=O) groups is 1. The van der Waals surface area contributed by atoms with Crippen molar-refractivity contribution in [1.29, 1.82) is 5.26 Å². The molecule has 23 heavy (non-hydrogen) atoms. The molecule has 4 nitrogen and oxygen atoms in total. The number of anilines is 1. The van der Waals surface area contributed by atoms with Crippen molar-refractivity contribution in [3.8, 4) is 11.8 Å². The molecule has 1 N–H and O–H groups in total. The summed E-state index contributed by atoms with van der Waals surface area (Å²) in [6.45, 7) is 2.47. The number of nitrogens with zero attached hydrogens (tertiary/aromatic N) is 1. The third-order valence-corrected chi connectivity index (χ3v) is 3.34. The predicted octanol–water partition coefficient (Wildman–Crippen LogP) is 4.28. The van der Waals surface area contributed by atoms with Crippen LogP contribution in [0.1, 0.15) is 12.5 Å². The highest BCUT2D eigenvalue weighted by Crippen LogP contribution is 2.20. The fourth-order valence-corrected chi connectivity index (χ4v) is 2.09. The quantitative estimate of drug-likeness (QED) is 0.658. The standard InChI is InChI=1S/C18H15ClN2O2/c1-2-23-16-9-7-15(8-10-16)21-18(22)14(12-20)11-13-5-3-4-6-17(13)19/h3-11H,2H2,1H3,(H,21,22)/b14-11-. The Morgan fingerprint density at radius 3 is 2.57 bits per heavy atom. The van der Waals surface area contributed by atoms with Crippen molar-refractivity contribution in [1.82, 2.24) is 0 Å². The number of amides is 1. The number of nitriles is 1. The lowest BCUT2D eigenvalue weighted by Gasteiger charge is -2.07. The smallest absolute Gasteiger partial charge is 0.266 e. The van der Waals surface area contributed by atoms with E-state index in [-0.39, 0.29) is 5.57 Å². The highest BCUT2D eigenvalue weighted by Gasteiger charge is 2.10. The first-order chi connectivity index (χ1) is 11.1. The third kappa shape index (κ3) is 4.60. The van der Waals surface area contributed by atoms with Gasteiger partial charge in [-0.2, -0.15) is 5.26 Å². The highest BCUT2D eigenvalue weighted by molar-refractivity contribution is 6.32. The van der Waals surface area contributed by atoms with E-state index in [0.717, 1.165) is 5.75 Å². The maximum absolute atomic E-state index is 12.2. The van der Waals surface area contributed by atoms with Gasteiger partial charge in [-0.3, -0.25) is 4.79 Å². The van der Waals surface area contributed by atoms with E-state index < -0.39 is 5.91 Å². The number of nitrogens with one attached hydrogen (secondary N) is 1. The van der Waals surface area contributed by atoms with Gasteiger partial charge in [-0.05, 0) is 48.9 Å². The van der Waals surface area contributed by atoms with Crippen molar-refractivity contribution >= 4 is 29.3 Å². The second-order valence-electron chi connectivity index (χ2n) is 4.60. The number of carbonyl (C=O) groups excluding carboxylic acids is 1. The van der Waals surface area contributed by atoms with Crippen LogP contribution in [0.3, 0.4) is 0 Å². The molecule has 0 aliphatic rings. The molecule has 0 fully saturated rings. The molecule has 0 spiro atoms. The van der Waals surface area contributed by atoms with Gasteiger partial charge < -0.3 is 10.1 Å². The summed E-state index contributed by atoms with van der Waals surface area (Å²) in [6.07, 6.45) is 1.46. The van der Waals surface area contributed by atoms with Crippen molar-refractivity contribution in [2.45, 2.75) is 6.92 Å². The normalized spacial score (nSPS) is 10.7. The third-order valence-electron chi connectivity index (χ3n) is 2.99. The SMILES string of the molecule is CCOc1ccc(NC(=O)/C(C#N)=C\c2ccccc2Cl)cc1. The summed E-state index contributed by atoms with van der Waals surface area (Å²) >= 11 is 6.04. The lowest BCUT2D eigenvalue weighted by Crippen LogP contribution is -2.13. The summed E-state index contributed by atoms with van der Waals surface area (Å²) in [5.41, 5.74) is 1.18. The van der Waals surface area contributed by atoms with E-state index >= 15 is 0 Å². The van der Waals surface area contributed by atoms with Gasteiger partial charge in [-0.1, -0.05) is 29.8 Å². The minimum Gasteiger partial charge on any atom is -0.494 e. The Labute approximate surface area is 140 Å². The fraction of sp³-hybridized carbons (Fsp3) is 0.111. The first-order valence-electron chi connectivity index (χ1n) is 7.04. The van der Waals surface area contributed by atoms with Gasteiger partial charge in [0.1, 0.15) is 17.4 Å². The number of ether oxygens (including phenoxy) is 1. The van der Waals surface area contributed by atoms with Crippen molar-refractivity contribution in [2.75, 3.05) is 11.9 Å². The van der Waals surface area contributed by atoms with E-state index in [1.165, 1.54) is 6.08 Å². The monoisotopic (exact) mass is 326 g/mol. The van der Waals surface area contributed by atoms with Gasteiger partial charge in [0, 0.05) is 10.7 Å². The first kappa shape index (κ1) is 16.6. The van der Waals surface area contributed by atoms with Gasteiger partial charge >= 0.3 is 0 Å². The predicted molar refractivity (Wildman–Crippen MR) is 91.3 cm³/mol. The van der Waals surface area contributed by atoms with Crippen LogP contribution < -0.4 is 10.1 Å². The molecular weight excluding hydrogens is 312 g/mol. The molecule has 1 amide bonds. The van der Waals surface area contributed by atoms with Crippen LogP contribution in [0.4, 0.5) is 5.69 Å². The molecule has 2 aromatic carbocycles. The molecule has 2 aromatic rings. The van der Waals surface area contributed by atoms with Crippen molar-refractivity contribution in [2.24, 2.45) is 0 Å². The summed E-state index contributed by atoms with van der Waals surface area (Å²) < 4.78 is 5.34. The van der Waals surface area contributed by atoms with E-state index in [2.05, 4.69) is 5.32 Å². The second kappa shape index (κ2) is 8.02. The Morgan fingerprint density at radius 1 is 1.26 bits per heavy atom. The average Bonchev–Trinajstić information content (AvgIpc) is 2.56. The zero-order valence-corrected chi connectivity index (χ0v) is 13.3. The van der Waals surface area contributed by atoms with E-state index in [9.17, 15) is 10.1 Å². The Bertz CT molecular complexity index is 761. The Hall–Kier alpha value is -2.77. The molecule has 0 aromatic heterocycles. The molecule has 0 bridgehead atoms. The van der Waals surface area contributed by atoms with Crippen LogP contribution in [0, 0.1) is 11.3 Å². The fourth-order valence-electron chi connectivity index (χ4n) is 1.90. The second-order valence-corrected chi connectivity index (χ2v) is 5.01. The van der Waals surface area contributed by atoms with Crippen LogP contribution in [-0.4, -0.2) is 12.5 Å². The molecule has 0 aliphatic heterocycles. The molecule has 0 atom stereocenters. The minimum atomic E-state index is -0.489. The van der Waals surface area contributed by atoms with E-state index in [1.807, 2.05) is 13.0 Å². The molecule has 0 aliphatic carbocycles. The van der Waals surface area contributed by atoms with Gasteiger partial charge in [0.15, 0.2) is 0 Å². The molecule has 2 rings (SSSR count). The summed E-state index contributed by atoms with van der Waals surface area (Å²) in [4.78, 5) is 12.2. The number of hydrogen-bond acceptors (Lipinski definition) is 3. The molecule has 116 valence electrons. The number of benzene rings is 2. The molecule has 0 saturated heterocycles. The summed E-state index contributed by atoms with van der Waals surface area (Å²) in [7, 11) is 0. The molecular formula is C18H15ClN2O2. The van der Waals surface area contributed by atoms with Gasteiger partial charge in [0.2, 0.25) is 0 Å². The van der Waals surface area contributed by atoms with Crippen LogP contribution in [-0.2, 0) is 4.79 Å². The van der Waals surface area contributed by atoms with Crippen molar-refractivity contribution in [3.05, 3.63) is 64.7 Å². The maximum atomic E-state index is 12.2. The van der Waals surface area contributed by atoms with Crippen LogP contribution in [0.15, 0.2) is 54.1 Å². The summed E-state index contributed by atoms with van der Waals surface area (Å²) in [6, 6.07) is 15.8. The average molecular weight is 327 g/mol. The highest BCUT2D eigenvalue weighted by atomic mass is 35.5. The summed E-state index contributed by atoms with van der Waals surface area (Å²) in [5, 5.41) is 12.4. The topological polar surface area (TPSA) is 62.1 Å². The van der Waals surface area contributed by atoms with Crippen LogP contribution in [0.25, 0.3) is 6.08 Å². The van der Waals surface area contributed by atoms with Crippen molar-refractivity contribution < 1.29 is 9.53 Å². The largest absolute Gasteiger partial charge is 0.494 e. The molecule has 0 heterocycles. The Kier molecular flexibility index (Phi) is 5.79. The molecule has 5 heteroatoms. The zero-order chi connectivity index (χ0) is 16.7. The van der Waals surface area contributed by atoms with Gasteiger partial charge in [-0.15, -0.1) is 0 Å². The Balaban J connectivity index is 2.14. The van der Waals surface area contributed by atoms with Gasteiger partial charge in [-0.25, -0.2) is 0 Å². The van der Waals surface area contributed by atoms with Crippen LogP contribution in [0.2, 0.25) is 5.02 Å². The number of hydrogen-bond donors (Lipinski definition) is 1. The number of halogens is 1. The summed E-state index contributed by atoms with van der Waals surface area (Å²) in [5.74, 6) is 0.231. The van der Waals surface area contributed by atoms with Crippen LogP contribution in [0.5, 0.6) is 5.75 Å². The molecule has 0 unspecified atom stereocenters. The minimum absolute atomic E-state index is 0.0213. The van der Waals surface area contributed by atoms with Gasteiger partial charge in [0.05, 0.1) is 6.61 Å². The zero-order valence-electron chi connectivity index (χ0n) is 12.5. The van der Waals surface area contributed by atoms with Gasteiger partial charge in [0.25, 0.3) is 5.91 Å². The lowest BCUT2D eigenvalue weighted by molar-refractivity contribution is -0.112. The van der Waals surface area contributed by atoms with E-state index in [0.29, 0.717) is 22.9 Å². The number of rotatable bonds is 5. The van der Waals surface area contributed by atoms with Crippen molar-refractivity contribution in [3.63, 3.8) is 0 Å². The van der Waals surface area contributed by atoms with E-state index in [1.54, 1.807) is 48.5 Å². The maximum Gasteiger partial charge on any atom is 0.266 e. The van der Waals surface area contributed by atoms with Crippen LogP contribution >= 0.6 is 11.6 Å². The first-order valence-corrected chi connectivity index (χ1v) is 7.42. The molecule has 0 radical (unpaired) electrons. The molecule has 0 saturated carbocycles. The van der Waals surface area contributed by atoms with E-state index in [4.69, 9.17) is 16.3 Å². The Morgan fingerprint density at radius 2 is 1.96 bits per heavy atom.